The lowest BCUT2D eigenvalue weighted by molar-refractivity contribution is -0.118. The van der Waals surface area contributed by atoms with Crippen LogP contribution < -0.4 is 15.7 Å². The molecule has 9 heteroatoms. The molecular weight excluding hydrogens is 553 g/mol. The van der Waals surface area contributed by atoms with Gasteiger partial charge in [0, 0.05) is 4.88 Å². The molecule has 0 fully saturated rings. The fourth-order valence-corrected chi connectivity index (χ4v) is 6.94. The van der Waals surface area contributed by atoms with E-state index >= 15 is 0 Å². The first-order valence-electron chi connectivity index (χ1n) is 13.5. The van der Waals surface area contributed by atoms with Gasteiger partial charge < -0.3 is 4.74 Å². The Balaban J connectivity index is 1.19. The number of fused-ring (bicyclic) bond motifs is 3. The number of thioether (sulfide) groups is 1. The molecule has 5 aromatic rings. The Bertz CT molecular complexity index is 1790. The van der Waals surface area contributed by atoms with Crippen LogP contribution in [0.25, 0.3) is 15.9 Å². The van der Waals surface area contributed by atoms with Crippen molar-refractivity contribution >= 4 is 45.4 Å². The lowest BCUT2D eigenvalue weighted by Crippen LogP contribution is -2.24. The first kappa shape index (κ1) is 27.0. The summed E-state index contributed by atoms with van der Waals surface area (Å²) in [6, 6.07) is 24.8. The van der Waals surface area contributed by atoms with E-state index in [1.54, 1.807) is 22.1 Å². The van der Waals surface area contributed by atoms with E-state index in [0.29, 0.717) is 10.9 Å². The molecule has 7 nitrogen and oxygen atoms in total. The van der Waals surface area contributed by atoms with Gasteiger partial charge in [0.05, 0.1) is 23.0 Å². The molecule has 0 radical (unpaired) electrons. The van der Waals surface area contributed by atoms with Gasteiger partial charge in [-0.2, -0.15) is 5.10 Å². The highest BCUT2D eigenvalue weighted by Gasteiger charge is 2.23. The Morgan fingerprint density at radius 3 is 2.66 bits per heavy atom. The van der Waals surface area contributed by atoms with E-state index in [-0.39, 0.29) is 17.2 Å². The van der Waals surface area contributed by atoms with Gasteiger partial charge in [-0.15, -0.1) is 11.3 Å². The Morgan fingerprint density at radius 2 is 1.83 bits per heavy atom. The first-order chi connectivity index (χ1) is 20.0. The molecule has 6 rings (SSSR count). The lowest BCUT2D eigenvalue weighted by Gasteiger charge is -2.13. The van der Waals surface area contributed by atoms with Crippen LogP contribution in [0.15, 0.2) is 93.9 Å². The molecule has 3 aromatic carbocycles. The van der Waals surface area contributed by atoms with E-state index in [9.17, 15) is 9.59 Å². The first-order valence-corrected chi connectivity index (χ1v) is 15.3. The van der Waals surface area contributed by atoms with Crippen molar-refractivity contribution in [2.45, 2.75) is 37.8 Å². The van der Waals surface area contributed by atoms with Crippen LogP contribution in [0.5, 0.6) is 11.5 Å². The maximum absolute atomic E-state index is 13.9. The number of hydrogen-bond donors (Lipinski definition) is 1. The second kappa shape index (κ2) is 12.1. The molecule has 0 saturated carbocycles. The zero-order valence-electron chi connectivity index (χ0n) is 22.5. The van der Waals surface area contributed by atoms with Crippen LogP contribution in [0.1, 0.15) is 34.4 Å². The third kappa shape index (κ3) is 6.11. The average Bonchev–Trinajstić information content (AvgIpc) is 3.36. The summed E-state index contributed by atoms with van der Waals surface area (Å²) >= 11 is 2.84. The fourth-order valence-electron chi connectivity index (χ4n) is 4.83. The number of rotatable bonds is 8. The number of carbonyl (C=O) groups is 1. The molecule has 1 aliphatic carbocycles. The van der Waals surface area contributed by atoms with Gasteiger partial charge in [-0.1, -0.05) is 59.8 Å². The van der Waals surface area contributed by atoms with Crippen LogP contribution in [0.4, 0.5) is 0 Å². The molecule has 0 saturated heterocycles. The predicted molar refractivity (Wildman–Crippen MR) is 166 cm³/mol. The molecule has 1 amide bonds. The number of para-hydroxylation sites is 1. The Hall–Kier alpha value is -4.21. The van der Waals surface area contributed by atoms with Crippen molar-refractivity contribution in [1.82, 2.24) is 15.0 Å². The van der Waals surface area contributed by atoms with Crippen molar-refractivity contribution in [3.63, 3.8) is 0 Å². The second-order valence-electron chi connectivity index (χ2n) is 9.83. The topological polar surface area (TPSA) is 85.6 Å². The van der Waals surface area contributed by atoms with Gasteiger partial charge in [0.15, 0.2) is 5.16 Å². The Morgan fingerprint density at radius 1 is 1.05 bits per heavy atom. The molecule has 0 atom stereocenters. The minimum atomic E-state index is -0.293. The summed E-state index contributed by atoms with van der Waals surface area (Å²) in [5, 5.41) is 5.34. The number of ether oxygens (including phenoxy) is 1. The highest BCUT2D eigenvalue weighted by Crippen LogP contribution is 2.35. The molecule has 2 aromatic heterocycles. The molecule has 1 aliphatic rings. The maximum Gasteiger partial charge on any atom is 0.267 e. The van der Waals surface area contributed by atoms with E-state index in [1.165, 1.54) is 16.6 Å². The average molecular weight is 581 g/mol. The number of hydrogen-bond acceptors (Lipinski definition) is 7. The number of hydrazone groups is 1. The van der Waals surface area contributed by atoms with Gasteiger partial charge >= 0.3 is 0 Å². The van der Waals surface area contributed by atoms with Gasteiger partial charge in [0.2, 0.25) is 0 Å². The molecular formula is C32H28N4O3S2. The Kier molecular flexibility index (Phi) is 7.98. The fraction of sp³-hybridized carbons (Fsp3) is 0.188. The van der Waals surface area contributed by atoms with Crippen molar-refractivity contribution < 1.29 is 9.53 Å². The summed E-state index contributed by atoms with van der Waals surface area (Å²) in [5.41, 5.74) is 6.29. The van der Waals surface area contributed by atoms with Crippen LogP contribution in [0, 0.1) is 6.92 Å². The molecule has 41 heavy (non-hydrogen) atoms. The standard InChI is InChI=1S/C32H28N4O3S2/c1-21-14-16-23(17-15-21)36-31(38)29-26-12-5-6-13-27(26)41-30(29)34-32(36)40-20-28(37)35-33-19-22-8-7-11-25(18-22)39-24-9-3-2-4-10-24/h2-4,7-11,14-19H,5-6,12-13,20H2,1H3,(H,35,37)/b33-19-. The smallest absolute Gasteiger partial charge is 0.267 e. The summed E-state index contributed by atoms with van der Waals surface area (Å²) in [5.74, 6) is 1.18. The Labute approximate surface area is 245 Å². The molecule has 0 aliphatic heterocycles. The lowest BCUT2D eigenvalue weighted by atomic mass is 9.97. The number of thiophene rings is 1. The van der Waals surface area contributed by atoms with Crippen molar-refractivity contribution in [1.29, 1.82) is 0 Å². The van der Waals surface area contributed by atoms with Crippen molar-refractivity contribution in [3.8, 4) is 17.2 Å². The van der Waals surface area contributed by atoms with Crippen LogP contribution in [-0.4, -0.2) is 27.4 Å². The number of amides is 1. The third-order valence-electron chi connectivity index (χ3n) is 6.82. The highest BCUT2D eigenvalue weighted by molar-refractivity contribution is 7.99. The minimum absolute atomic E-state index is 0.0589. The van der Waals surface area contributed by atoms with Crippen LogP contribution >= 0.6 is 23.1 Å². The van der Waals surface area contributed by atoms with Crippen LogP contribution in [-0.2, 0) is 17.6 Å². The summed E-state index contributed by atoms with van der Waals surface area (Å²) < 4.78 is 7.51. The van der Waals surface area contributed by atoms with Gasteiger partial charge in [-0.25, -0.2) is 10.4 Å². The molecule has 0 bridgehead atoms. The van der Waals surface area contributed by atoms with Crippen molar-refractivity contribution in [2.75, 3.05) is 5.75 Å². The largest absolute Gasteiger partial charge is 0.457 e. The highest BCUT2D eigenvalue weighted by atomic mass is 32.2. The van der Waals surface area contributed by atoms with Gasteiger partial charge in [-0.3, -0.25) is 14.2 Å². The number of nitrogens with zero attached hydrogens (tertiary/aromatic N) is 3. The summed E-state index contributed by atoms with van der Waals surface area (Å²) in [7, 11) is 0. The van der Waals surface area contributed by atoms with Crippen molar-refractivity contribution in [3.05, 3.63) is 111 Å². The summed E-state index contributed by atoms with van der Waals surface area (Å²) in [6.45, 7) is 2.01. The molecule has 2 heterocycles. The van der Waals surface area contributed by atoms with Gasteiger partial charge in [-0.05, 0) is 80.1 Å². The van der Waals surface area contributed by atoms with Gasteiger partial charge in [0.25, 0.3) is 11.5 Å². The second-order valence-corrected chi connectivity index (χ2v) is 11.9. The van der Waals surface area contributed by atoms with E-state index in [1.807, 2.05) is 85.8 Å². The van der Waals surface area contributed by atoms with Gasteiger partial charge in [0.1, 0.15) is 16.3 Å². The zero-order chi connectivity index (χ0) is 28.2. The normalized spacial score (nSPS) is 12.9. The van der Waals surface area contributed by atoms with E-state index < -0.39 is 0 Å². The quantitative estimate of drug-likeness (QED) is 0.0959. The zero-order valence-corrected chi connectivity index (χ0v) is 24.1. The molecule has 1 N–H and O–H groups in total. The van der Waals surface area contributed by atoms with E-state index in [4.69, 9.17) is 9.72 Å². The van der Waals surface area contributed by atoms with E-state index in [2.05, 4.69) is 10.5 Å². The number of benzene rings is 3. The number of nitrogens with one attached hydrogen (secondary N) is 1. The minimum Gasteiger partial charge on any atom is -0.457 e. The SMILES string of the molecule is Cc1ccc(-n2c(SCC(=O)N/N=C\c3cccc(Oc4ccccc4)c3)nc3sc4c(c3c2=O)CCCC4)cc1. The summed E-state index contributed by atoms with van der Waals surface area (Å²) in [4.78, 5) is 33.5. The number of carbonyl (C=O) groups excluding carboxylic acids is 1. The summed E-state index contributed by atoms with van der Waals surface area (Å²) in [6.07, 6.45) is 5.70. The van der Waals surface area contributed by atoms with Crippen molar-refractivity contribution in [2.24, 2.45) is 5.10 Å². The van der Waals surface area contributed by atoms with E-state index in [0.717, 1.165) is 64.0 Å². The predicted octanol–water partition coefficient (Wildman–Crippen LogP) is 6.67. The molecule has 206 valence electrons. The number of aryl methyl sites for hydroxylation is 3. The number of aromatic nitrogens is 2. The van der Waals surface area contributed by atoms with Crippen LogP contribution in [0.2, 0.25) is 0 Å². The maximum atomic E-state index is 13.9. The molecule has 0 unspecified atom stereocenters. The van der Waals surface area contributed by atoms with Crippen LogP contribution in [0.3, 0.4) is 0 Å². The third-order valence-corrected chi connectivity index (χ3v) is 8.95. The molecule has 0 spiro atoms. The monoisotopic (exact) mass is 580 g/mol.